The van der Waals surface area contributed by atoms with E-state index in [0.29, 0.717) is 5.56 Å². The zero-order valence-electron chi connectivity index (χ0n) is 9.13. The number of ether oxygens (including phenoxy) is 1. The molecule has 1 saturated carbocycles. The summed E-state index contributed by atoms with van der Waals surface area (Å²) in [6.07, 6.45) is 2.61. The fourth-order valence-corrected chi connectivity index (χ4v) is 1.99. The molecule has 86 valence electrons. The van der Waals surface area contributed by atoms with E-state index in [0.717, 1.165) is 19.3 Å². The van der Waals surface area contributed by atoms with Gasteiger partial charge in [-0.25, -0.2) is 9.18 Å². The lowest BCUT2D eigenvalue weighted by atomic mass is 9.72. The summed E-state index contributed by atoms with van der Waals surface area (Å²) < 4.78 is 18.3. The number of methoxy groups -OCH3 is 1. The number of benzene rings is 1. The number of hydrogen-bond acceptors (Lipinski definition) is 3. The van der Waals surface area contributed by atoms with Crippen LogP contribution in [0, 0.1) is 5.82 Å². The maximum Gasteiger partial charge on any atom is 0.337 e. The molecule has 3 nitrogen and oxygen atoms in total. The largest absolute Gasteiger partial charge is 0.465 e. The first-order valence-electron chi connectivity index (χ1n) is 5.24. The highest BCUT2D eigenvalue weighted by Gasteiger charge is 2.36. The van der Waals surface area contributed by atoms with Gasteiger partial charge in [-0.2, -0.15) is 0 Å². The highest BCUT2D eigenvalue weighted by atomic mass is 19.1. The Kier molecular flexibility index (Phi) is 2.68. The monoisotopic (exact) mass is 223 g/mol. The Morgan fingerprint density at radius 3 is 2.62 bits per heavy atom. The minimum absolute atomic E-state index is 0.215. The van der Waals surface area contributed by atoms with Gasteiger partial charge in [0.15, 0.2) is 0 Å². The van der Waals surface area contributed by atoms with Gasteiger partial charge in [0.25, 0.3) is 0 Å². The summed E-state index contributed by atoms with van der Waals surface area (Å²) in [5, 5.41) is 0. The first-order valence-corrected chi connectivity index (χ1v) is 5.24. The van der Waals surface area contributed by atoms with E-state index in [1.54, 1.807) is 12.1 Å². The number of carbonyl (C=O) groups is 1. The zero-order chi connectivity index (χ0) is 11.8. The summed E-state index contributed by atoms with van der Waals surface area (Å²) in [6, 6.07) is 4.33. The lowest BCUT2D eigenvalue weighted by molar-refractivity contribution is 0.0600. The number of hydrogen-bond donors (Lipinski definition) is 1. The van der Waals surface area contributed by atoms with Crippen molar-refractivity contribution >= 4 is 5.97 Å². The van der Waals surface area contributed by atoms with Gasteiger partial charge in [-0.05, 0) is 31.4 Å². The van der Waals surface area contributed by atoms with Gasteiger partial charge in [0.2, 0.25) is 0 Å². The van der Waals surface area contributed by atoms with E-state index >= 15 is 0 Å². The standard InChI is InChI=1S/C12H14FNO2/c1-16-11(15)8-3-4-9(10(13)7-8)12(14)5-2-6-12/h3-4,7H,2,5-6,14H2,1H3. The van der Waals surface area contributed by atoms with Crippen LogP contribution in [0.1, 0.15) is 35.2 Å². The van der Waals surface area contributed by atoms with Crippen LogP contribution in [0.2, 0.25) is 0 Å². The van der Waals surface area contributed by atoms with Crippen LogP contribution < -0.4 is 5.73 Å². The molecule has 4 heteroatoms. The highest BCUT2D eigenvalue weighted by molar-refractivity contribution is 5.89. The molecule has 16 heavy (non-hydrogen) atoms. The molecule has 1 aliphatic carbocycles. The number of esters is 1. The molecule has 0 aromatic heterocycles. The molecule has 1 aromatic rings. The maximum atomic E-state index is 13.8. The van der Waals surface area contributed by atoms with E-state index in [1.807, 2.05) is 0 Å². The Labute approximate surface area is 93.4 Å². The zero-order valence-corrected chi connectivity index (χ0v) is 9.13. The van der Waals surface area contributed by atoms with Crippen molar-refractivity contribution in [1.29, 1.82) is 0 Å². The molecule has 0 heterocycles. The van der Waals surface area contributed by atoms with Gasteiger partial charge in [-0.15, -0.1) is 0 Å². The van der Waals surface area contributed by atoms with Crippen LogP contribution in [0.4, 0.5) is 4.39 Å². The summed E-state index contributed by atoms with van der Waals surface area (Å²) in [6.45, 7) is 0. The van der Waals surface area contributed by atoms with E-state index in [-0.39, 0.29) is 5.56 Å². The van der Waals surface area contributed by atoms with Gasteiger partial charge in [0, 0.05) is 11.1 Å². The second-order valence-corrected chi connectivity index (χ2v) is 4.20. The van der Waals surface area contributed by atoms with E-state index < -0.39 is 17.3 Å². The molecule has 0 aliphatic heterocycles. The smallest absolute Gasteiger partial charge is 0.337 e. The molecule has 0 atom stereocenters. The summed E-state index contributed by atoms with van der Waals surface area (Å²) in [4.78, 5) is 11.2. The average Bonchev–Trinajstić information content (AvgIpc) is 2.24. The number of halogens is 1. The first-order chi connectivity index (χ1) is 7.57. The SMILES string of the molecule is COC(=O)c1ccc(C2(N)CCC2)c(F)c1. The van der Waals surface area contributed by atoms with Crippen molar-refractivity contribution in [1.82, 2.24) is 0 Å². The third-order valence-electron chi connectivity index (χ3n) is 3.17. The summed E-state index contributed by atoms with van der Waals surface area (Å²) in [5.41, 5.74) is 6.19. The van der Waals surface area contributed by atoms with Crippen LogP contribution in [0.5, 0.6) is 0 Å². The average molecular weight is 223 g/mol. The lowest BCUT2D eigenvalue weighted by Gasteiger charge is -2.38. The molecule has 1 aromatic carbocycles. The van der Waals surface area contributed by atoms with E-state index in [9.17, 15) is 9.18 Å². The van der Waals surface area contributed by atoms with Crippen molar-refractivity contribution in [3.8, 4) is 0 Å². The number of nitrogens with two attached hydrogens (primary N) is 1. The molecule has 0 unspecified atom stereocenters. The molecule has 1 fully saturated rings. The van der Waals surface area contributed by atoms with E-state index in [4.69, 9.17) is 5.73 Å². The Balaban J connectivity index is 2.33. The molecular formula is C12H14FNO2. The second-order valence-electron chi connectivity index (χ2n) is 4.20. The fraction of sp³-hybridized carbons (Fsp3) is 0.417. The molecule has 0 amide bonds. The second kappa shape index (κ2) is 3.87. The first kappa shape index (κ1) is 11.1. The molecule has 0 bridgehead atoms. The van der Waals surface area contributed by atoms with Crippen LogP contribution >= 0.6 is 0 Å². The molecule has 2 N–H and O–H groups in total. The van der Waals surface area contributed by atoms with Crippen molar-refractivity contribution in [2.75, 3.05) is 7.11 Å². The van der Waals surface area contributed by atoms with Crippen molar-refractivity contribution in [3.05, 3.63) is 35.1 Å². The Morgan fingerprint density at radius 2 is 2.19 bits per heavy atom. The van der Waals surface area contributed by atoms with Gasteiger partial charge in [0.05, 0.1) is 12.7 Å². The van der Waals surface area contributed by atoms with Gasteiger partial charge >= 0.3 is 5.97 Å². The quantitative estimate of drug-likeness (QED) is 0.779. The van der Waals surface area contributed by atoms with Crippen molar-refractivity contribution in [2.24, 2.45) is 5.73 Å². The Hall–Kier alpha value is -1.42. The van der Waals surface area contributed by atoms with Gasteiger partial charge < -0.3 is 10.5 Å². The molecule has 0 saturated heterocycles. The Morgan fingerprint density at radius 1 is 1.50 bits per heavy atom. The van der Waals surface area contributed by atoms with E-state index in [2.05, 4.69) is 4.74 Å². The van der Waals surface area contributed by atoms with Gasteiger partial charge in [0.1, 0.15) is 5.82 Å². The fourth-order valence-electron chi connectivity index (χ4n) is 1.99. The molecule has 0 spiro atoms. The highest BCUT2D eigenvalue weighted by Crippen LogP contribution is 2.39. The van der Waals surface area contributed by atoms with Crippen LogP contribution in [0.15, 0.2) is 18.2 Å². The third kappa shape index (κ3) is 1.69. The van der Waals surface area contributed by atoms with Crippen LogP contribution in [0.3, 0.4) is 0 Å². The third-order valence-corrected chi connectivity index (χ3v) is 3.17. The minimum atomic E-state index is -0.543. The summed E-state index contributed by atoms with van der Waals surface area (Å²) in [7, 11) is 1.27. The van der Waals surface area contributed by atoms with Crippen molar-refractivity contribution < 1.29 is 13.9 Å². The predicted octanol–water partition coefficient (Wildman–Crippen LogP) is 1.95. The van der Waals surface area contributed by atoms with Gasteiger partial charge in [-0.3, -0.25) is 0 Å². The van der Waals surface area contributed by atoms with Crippen molar-refractivity contribution in [3.63, 3.8) is 0 Å². The van der Waals surface area contributed by atoms with Crippen LogP contribution in [-0.4, -0.2) is 13.1 Å². The van der Waals surface area contributed by atoms with E-state index in [1.165, 1.54) is 13.2 Å². The number of rotatable bonds is 2. The number of carbonyl (C=O) groups excluding carboxylic acids is 1. The molecule has 2 rings (SSSR count). The summed E-state index contributed by atoms with van der Waals surface area (Å²) >= 11 is 0. The normalized spacial score (nSPS) is 17.7. The Bertz CT molecular complexity index is 427. The molecular weight excluding hydrogens is 209 g/mol. The van der Waals surface area contributed by atoms with Crippen LogP contribution in [-0.2, 0) is 10.3 Å². The minimum Gasteiger partial charge on any atom is -0.465 e. The predicted molar refractivity (Wildman–Crippen MR) is 57.5 cm³/mol. The molecule has 1 aliphatic rings. The van der Waals surface area contributed by atoms with Gasteiger partial charge in [-0.1, -0.05) is 6.07 Å². The maximum absolute atomic E-state index is 13.8. The lowest BCUT2D eigenvalue weighted by Crippen LogP contribution is -2.44. The topological polar surface area (TPSA) is 52.3 Å². The van der Waals surface area contributed by atoms with Crippen molar-refractivity contribution in [2.45, 2.75) is 24.8 Å². The molecule has 0 radical (unpaired) electrons. The van der Waals surface area contributed by atoms with Crippen LogP contribution in [0.25, 0.3) is 0 Å². The summed E-state index contributed by atoms with van der Waals surface area (Å²) in [5.74, 6) is -0.963.